The molecule has 1 atom stereocenters. The van der Waals surface area contributed by atoms with E-state index >= 15 is 0 Å². The fourth-order valence-electron chi connectivity index (χ4n) is 1.53. The first-order valence-corrected chi connectivity index (χ1v) is 5.41. The normalized spacial score (nSPS) is 13.1. The van der Waals surface area contributed by atoms with Crippen molar-refractivity contribution in [3.63, 3.8) is 0 Å². The highest BCUT2D eigenvalue weighted by Gasteiger charge is 2.10. The van der Waals surface area contributed by atoms with Crippen LogP contribution in [0.5, 0.6) is 0 Å². The van der Waals surface area contributed by atoms with Crippen LogP contribution in [-0.4, -0.2) is 43.6 Å². The van der Waals surface area contributed by atoms with Crippen LogP contribution in [0, 0.1) is 0 Å². The Labute approximate surface area is 96.5 Å². The van der Waals surface area contributed by atoms with Gasteiger partial charge in [0, 0.05) is 25.0 Å². The first-order valence-electron chi connectivity index (χ1n) is 5.04. The summed E-state index contributed by atoms with van der Waals surface area (Å²) < 4.78 is 0. The van der Waals surface area contributed by atoms with E-state index in [1.54, 1.807) is 12.4 Å². The zero-order valence-corrected chi connectivity index (χ0v) is 10.3. The molecule has 4 heteroatoms. The lowest BCUT2D eigenvalue weighted by Crippen LogP contribution is -2.37. The summed E-state index contributed by atoms with van der Waals surface area (Å²) in [5, 5.41) is 4.04. The van der Waals surface area contributed by atoms with Crippen molar-refractivity contribution in [1.29, 1.82) is 0 Å². The maximum Gasteiger partial charge on any atom is 0.0621 e. The molecule has 0 aliphatic carbocycles. The van der Waals surface area contributed by atoms with Gasteiger partial charge in [0.2, 0.25) is 0 Å². The van der Waals surface area contributed by atoms with Gasteiger partial charge >= 0.3 is 0 Å². The number of hydrogen-bond acceptors (Lipinski definition) is 3. The Bertz CT molecular complexity index is 302. The number of likely N-dealkylation sites (N-methyl/N-ethyl adjacent to an activating group) is 2. The van der Waals surface area contributed by atoms with E-state index in [4.69, 9.17) is 11.6 Å². The van der Waals surface area contributed by atoms with Crippen molar-refractivity contribution in [2.24, 2.45) is 0 Å². The SMILES string of the molecule is CNC(Cc1ccncc1Cl)CN(C)C. The fourth-order valence-corrected chi connectivity index (χ4v) is 1.73. The van der Waals surface area contributed by atoms with E-state index in [1.165, 1.54) is 0 Å². The highest BCUT2D eigenvalue weighted by molar-refractivity contribution is 6.31. The van der Waals surface area contributed by atoms with Gasteiger partial charge in [0.05, 0.1) is 5.02 Å². The second-order valence-corrected chi connectivity index (χ2v) is 4.33. The van der Waals surface area contributed by atoms with Crippen LogP contribution in [-0.2, 0) is 6.42 Å². The Hall–Kier alpha value is -0.640. The molecule has 0 amide bonds. The molecule has 1 rings (SSSR count). The van der Waals surface area contributed by atoms with Crippen molar-refractivity contribution in [1.82, 2.24) is 15.2 Å². The smallest absolute Gasteiger partial charge is 0.0621 e. The van der Waals surface area contributed by atoms with E-state index in [1.807, 2.05) is 13.1 Å². The van der Waals surface area contributed by atoms with E-state index in [0.717, 1.165) is 23.6 Å². The molecule has 0 fully saturated rings. The van der Waals surface area contributed by atoms with Gasteiger partial charge in [0.15, 0.2) is 0 Å². The summed E-state index contributed by atoms with van der Waals surface area (Å²) in [5.41, 5.74) is 1.15. The molecule has 1 unspecified atom stereocenters. The van der Waals surface area contributed by atoms with Crippen molar-refractivity contribution in [3.8, 4) is 0 Å². The number of nitrogens with one attached hydrogen (secondary N) is 1. The lowest BCUT2D eigenvalue weighted by atomic mass is 10.1. The third-order valence-corrected chi connectivity index (χ3v) is 2.66. The monoisotopic (exact) mass is 227 g/mol. The predicted octanol–water partition coefficient (Wildman–Crippen LogP) is 1.43. The number of hydrogen-bond donors (Lipinski definition) is 1. The third kappa shape index (κ3) is 4.16. The molecule has 0 aromatic carbocycles. The molecule has 0 bridgehead atoms. The van der Waals surface area contributed by atoms with Crippen LogP contribution >= 0.6 is 11.6 Å². The lowest BCUT2D eigenvalue weighted by Gasteiger charge is -2.20. The topological polar surface area (TPSA) is 28.2 Å². The van der Waals surface area contributed by atoms with Gasteiger partial charge in [0.1, 0.15) is 0 Å². The summed E-state index contributed by atoms with van der Waals surface area (Å²) in [6.07, 6.45) is 4.40. The molecule has 84 valence electrons. The third-order valence-electron chi connectivity index (χ3n) is 2.32. The van der Waals surface area contributed by atoms with Crippen LogP contribution in [0.1, 0.15) is 5.56 Å². The molecule has 1 aromatic rings. The van der Waals surface area contributed by atoms with Crippen molar-refractivity contribution in [2.45, 2.75) is 12.5 Å². The molecule has 0 aliphatic rings. The highest BCUT2D eigenvalue weighted by Crippen LogP contribution is 2.15. The summed E-state index contributed by atoms with van der Waals surface area (Å²) in [6.45, 7) is 0.995. The van der Waals surface area contributed by atoms with Gasteiger partial charge in [-0.2, -0.15) is 0 Å². The second-order valence-electron chi connectivity index (χ2n) is 3.92. The molecule has 1 aromatic heterocycles. The van der Waals surface area contributed by atoms with Gasteiger partial charge < -0.3 is 10.2 Å². The lowest BCUT2D eigenvalue weighted by molar-refractivity contribution is 0.346. The number of nitrogens with zero attached hydrogens (tertiary/aromatic N) is 2. The zero-order chi connectivity index (χ0) is 11.3. The predicted molar refractivity (Wildman–Crippen MR) is 64.4 cm³/mol. The first kappa shape index (κ1) is 12.4. The van der Waals surface area contributed by atoms with Gasteiger partial charge in [0.25, 0.3) is 0 Å². The number of rotatable bonds is 5. The van der Waals surface area contributed by atoms with Crippen LogP contribution in [0.3, 0.4) is 0 Å². The van der Waals surface area contributed by atoms with Gasteiger partial charge in [-0.25, -0.2) is 0 Å². The van der Waals surface area contributed by atoms with Crippen LogP contribution < -0.4 is 5.32 Å². The molecular formula is C11H18ClN3. The molecule has 0 radical (unpaired) electrons. The Morgan fingerprint density at radius 2 is 2.27 bits per heavy atom. The summed E-state index contributed by atoms with van der Waals surface area (Å²) in [7, 11) is 6.11. The van der Waals surface area contributed by atoms with Gasteiger partial charge in [-0.05, 0) is 39.2 Å². The van der Waals surface area contributed by atoms with Gasteiger partial charge in [-0.1, -0.05) is 11.6 Å². The average Bonchev–Trinajstić information content (AvgIpc) is 2.19. The van der Waals surface area contributed by atoms with E-state index in [2.05, 4.69) is 29.3 Å². The fraction of sp³-hybridized carbons (Fsp3) is 0.545. The summed E-state index contributed by atoms with van der Waals surface area (Å²) in [4.78, 5) is 6.14. The number of pyridine rings is 1. The largest absolute Gasteiger partial charge is 0.315 e. The van der Waals surface area contributed by atoms with Crippen LogP contribution in [0.25, 0.3) is 0 Å². The van der Waals surface area contributed by atoms with E-state index in [9.17, 15) is 0 Å². The summed E-state index contributed by atoms with van der Waals surface area (Å²) in [5.74, 6) is 0. The van der Waals surface area contributed by atoms with Crippen LogP contribution in [0.15, 0.2) is 18.5 Å². The molecule has 0 saturated heterocycles. The molecule has 0 saturated carbocycles. The van der Waals surface area contributed by atoms with E-state index in [-0.39, 0.29) is 0 Å². The summed E-state index contributed by atoms with van der Waals surface area (Å²) in [6, 6.07) is 2.39. The maximum absolute atomic E-state index is 6.06. The zero-order valence-electron chi connectivity index (χ0n) is 9.50. The standard InChI is InChI=1S/C11H18ClN3/c1-13-10(8-15(2)3)6-9-4-5-14-7-11(9)12/h4-5,7,10,13H,6,8H2,1-3H3. The quantitative estimate of drug-likeness (QED) is 0.825. The Morgan fingerprint density at radius 1 is 1.53 bits per heavy atom. The average molecular weight is 228 g/mol. The molecule has 1 N–H and O–H groups in total. The van der Waals surface area contributed by atoms with E-state index < -0.39 is 0 Å². The molecule has 3 nitrogen and oxygen atoms in total. The minimum absolute atomic E-state index is 0.417. The minimum Gasteiger partial charge on any atom is -0.315 e. The molecule has 15 heavy (non-hydrogen) atoms. The molecular weight excluding hydrogens is 210 g/mol. The molecule has 0 aliphatic heterocycles. The number of halogens is 1. The van der Waals surface area contributed by atoms with Crippen molar-refractivity contribution in [3.05, 3.63) is 29.0 Å². The van der Waals surface area contributed by atoms with Crippen LogP contribution in [0.4, 0.5) is 0 Å². The molecule has 0 spiro atoms. The van der Waals surface area contributed by atoms with E-state index in [0.29, 0.717) is 6.04 Å². The maximum atomic E-state index is 6.06. The second kappa shape index (κ2) is 6.05. The molecule has 1 heterocycles. The van der Waals surface area contributed by atoms with Crippen LogP contribution in [0.2, 0.25) is 5.02 Å². The number of aromatic nitrogens is 1. The summed E-state index contributed by atoms with van der Waals surface area (Å²) >= 11 is 6.06. The first-order chi connectivity index (χ1) is 7.13. The van der Waals surface area contributed by atoms with Gasteiger partial charge in [-0.15, -0.1) is 0 Å². The minimum atomic E-state index is 0.417. The Morgan fingerprint density at radius 3 is 2.80 bits per heavy atom. The van der Waals surface area contributed by atoms with Crippen molar-refractivity contribution >= 4 is 11.6 Å². The highest BCUT2D eigenvalue weighted by atomic mass is 35.5. The van der Waals surface area contributed by atoms with Crippen molar-refractivity contribution in [2.75, 3.05) is 27.7 Å². The Kier molecular flexibility index (Phi) is 5.02. The van der Waals surface area contributed by atoms with Gasteiger partial charge in [-0.3, -0.25) is 4.98 Å². The Balaban J connectivity index is 2.62. The van der Waals surface area contributed by atoms with Crippen molar-refractivity contribution < 1.29 is 0 Å².